The van der Waals surface area contributed by atoms with Crippen molar-refractivity contribution in [2.75, 3.05) is 70.9 Å². The van der Waals surface area contributed by atoms with E-state index in [2.05, 4.69) is 33.9 Å². The maximum absolute atomic E-state index is 12.5. The highest BCUT2D eigenvalue weighted by molar-refractivity contribution is 5.78. The number of benzene rings is 1. The van der Waals surface area contributed by atoms with E-state index < -0.39 is 6.29 Å². The van der Waals surface area contributed by atoms with Crippen molar-refractivity contribution < 1.29 is 14.6 Å². The molecular formula is C19H28N4O3. The lowest BCUT2D eigenvalue weighted by atomic mass is 10.1. The number of aliphatic hydroxyl groups is 1. The van der Waals surface area contributed by atoms with Gasteiger partial charge in [0.2, 0.25) is 5.91 Å². The Balaban J connectivity index is 1.28. The van der Waals surface area contributed by atoms with Crippen LogP contribution in [0.3, 0.4) is 0 Å². The van der Waals surface area contributed by atoms with Crippen molar-refractivity contribution in [3.05, 3.63) is 29.3 Å². The minimum absolute atomic E-state index is 0.259. The van der Waals surface area contributed by atoms with Crippen LogP contribution in [0, 0.1) is 0 Å². The predicted octanol–water partition coefficient (Wildman–Crippen LogP) is 0.104. The summed E-state index contributed by atoms with van der Waals surface area (Å²) in [6, 6.07) is 6.14. The van der Waals surface area contributed by atoms with Crippen molar-refractivity contribution in [3.8, 4) is 0 Å². The summed E-state index contributed by atoms with van der Waals surface area (Å²) in [4.78, 5) is 21.4. The number of hydrogen-bond acceptors (Lipinski definition) is 6. The van der Waals surface area contributed by atoms with Gasteiger partial charge in [0.15, 0.2) is 6.29 Å². The minimum atomic E-state index is -0.781. The fourth-order valence-electron chi connectivity index (χ4n) is 3.92. The van der Waals surface area contributed by atoms with Gasteiger partial charge in [-0.2, -0.15) is 0 Å². The fourth-order valence-corrected chi connectivity index (χ4v) is 3.92. The van der Waals surface area contributed by atoms with Gasteiger partial charge in [-0.15, -0.1) is 0 Å². The third-order valence-electron chi connectivity index (χ3n) is 5.74. The van der Waals surface area contributed by atoms with Gasteiger partial charge in [0.1, 0.15) is 0 Å². The number of fused-ring (bicyclic) bond motifs is 1. The maximum Gasteiger partial charge on any atom is 0.236 e. The first kappa shape index (κ1) is 17.7. The van der Waals surface area contributed by atoms with Gasteiger partial charge >= 0.3 is 0 Å². The molecule has 3 aliphatic rings. The van der Waals surface area contributed by atoms with Gasteiger partial charge < -0.3 is 24.5 Å². The molecule has 3 aliphatic heterocycles. The number of nitrogens with zero attached hydrogens (tertiary/aromatic N) is 4. The summed E-state index contributed by atoms with van der Waals surface area (Å²) >= 11 is 0. The Morgan fingerprint density at radius 2 is 1.85 bits per heavy atom. The topological polar surface area (TPSA) is 59.5 Å². The average molecular weight is 360 g/mol. The molecule has 26 heavy (non-hydrogen) atoms. The SMILES string of the molecule is CN1CCN(C(=O)CN2CCN(c3ccc4c(c3)COC4O)CC2)CC1. The summed E-state index contributed by atoms with van der Waals surface area (Å²) in [5.74, 6) is 0.259. The van der Waals surface area contributed by atoms with Gasteiger partial charge in [0, 0.05) is 63.6 Å². The first-order valence-corrected chi connectivity index (χ1v) is 9.46. The molecule has 2 fully saturated rings. The number of likely N-dealkylation sites (N-methyl/N-ethyl adjacent to an activating group) is 1. The van der Waals surface area contributed by atoms with Crippen molar-refractivity contribution >= 4 is 11.6 Å². The van der Waals surface area contributed by atoms with Gasteiger partial charge in [-0.1, -0.05) is 6.07 Å². The molecule has 0 bridgehead atoms. The Hall–Kier alpha value is -1.67. The summed E-state index contributed by atoms with van der Waals surface area (Å²) in [6.07, 6.45) is -0.781. The summed E-state index contributed by atoms with van der Waals surface area (Å²) in [6.45, 7) is 8.26. The smallest absolute Gasteiger partial charge is 0.236 e. The molecular weight excluding hydrogens is 332 g/mol. The molecule has 2 saturated heterocycles. The lowest BCUT2D eigenvalue weighted by Gasteiger charge is -2.38. The van der Waals surface area contributed by atoms with Crippen LogP contribution in [-0.2, 0) is 16.1 Å². The first-order chi connectivity index (χ1) is 12.6. The Morgan fingerprint density at radius 1 is 1.12 bits per heavy atom. The highest BCUT2D eigenvalue weighted by Crippen LogP contribution is 2.31. The highest BCUT2D eigenvalue weighted by atomic mass is 16.6. The second kappa shape index (κ2) is 7.52. The van der Waals surface area contributed by atoms with E-state index in [1.165, 1.54) is 5.69 Å². The molecule has 1 N–H and O–H groups in total. The zero-order valence-corrected chi connectivity index (χ0v) is 15.4. The van der Waals surface area contributed by atoms with E-state index in [0.717, 1.165) is 63.5 Å². The standard InChI is InChI=1S/C19H28N4O3/c1-20-4-8-23(9-5-20)18(24)13-21-6-10-22(11-7-21)16-2-3-17-15(12-16)14-26-19(17)25/h2-3,12,19,25H,4-11,13-14H2,1H3. The number of carbonyl (C=O) groups is 1. The Bertz CT molecular complexity index is 652. The number of rotatable bonds is 3. The average Bonchev–Trinajstić information content (AvgIpc) is 3.03. The molecule has 3 heterocycles. The fraction of sp³-hybridized carbons (Fsp3) is 0.632. The monoisotopic (exact) mass is 360 g/mol. The molecule has 1 aromatic rings. The maximum atomic E-state index is 12.5. The molecule has 7 heteroatoms. The molecule has 1 aromatic carbocycles. The lowest BCUT2D eigenvalue weighted by molar-refractivity contribution is -0.134. The third kappa shape index (κ3) is 3.71. The quantitative estimate of drug-likeness (QED) is 0.825. The van der Waals surface area contributed by atoms with Crippen molar-refractivity contribution in [3.63, 3.8) is 0 Å². The van der Waals surface area contributed by atoms with Crippen LogP contribution >= 0.6 is 0 Å². The lowest BCUT2D eigenvalue weighted by Crippen LogP contribution is -2.53. The molecule has 0 spiro atoms. The van der Waals surface area contributed by atoms with Gasteiger partial charge in [-0.25, -0.2) is 0 Å². The second-order valence-electron chi connectivity index (χ2n) is 7.49. The Kier molecular flexibility index (Phi) is 5.13. The van der Waals surface area contributed by atoms with E-state index in [1.807, 2.05) is 11.0 Å². The molecule has 0 radical (unpaired) electrons. The second-order valence-corrected chi connectivity index (χ2v) is 7.49. The largest absolute Gasteiger partial charge is 0.369 e. The molecule has 4 rings (SSSR count). The van der Waals surface area contributed by atoms with Crippen molar-refractivity contribution in [2.45, 2.75) is 12.9 Å². The Morgan fingerprint density at radius 3 is 2.58 bits per heavy atom. The number of aliphatic hydroxyl groups excluding tert-OH is 1. The van der Waals surface area contributed by atoms with Crippen molar-refractivity contribution in [2.24, 2.45) is 0 Å². The molecule has 1 unspecified atom stereocenters. The van der Waals surface area contributed by atoms with Crippen molar-refractivity contribution in [1.29, 1.82) is 0 Å². The van der Waals surface area contributed by atoms with Crippen LogP contribution in [0.1, 0.15) is 17.4 Å². The number of anilines is 1. The zero-order valence-electron chi connectivity index (χ0n) is 15.4. The van der Waals surface area contributed by atoms with Crippen LogP contribution in [0.4, 0.5) is 5.69 Å². The molecule has 7 nitrogen and oxygen atoms in total. The molecule has 0 saturated carbocycles. The van der Waals surface area contributed by atoms with E-state index in [4.69, 9.17) is 4.74 Å². The molecule has 0 aromatic heterocycles. The third-order valence-corrected chi connectivity index (χ3v) is 5.74. The van der Waals surface area contributed by atoms with E-state index in [9.17, 15) is 9.90 Å². The van der Waals surface area contributed by atoms with Gasteiger partial charge in [-0.05, 0) is 24.7 Å². The zero-order chi connectivity index (χ0) is 18.1. The summed E-state index contributed by atoms with van der Waals surface area (Å²) in [7, 11) is 2.10. The minimum Gasteiger partial charge on any atom is -0.369 e. The number of ether oxygens (including phenoxy) is 1. The Labute approximate surface area is 154 Å². The van der Waals surface area contributed by atoms with E-state index in [1.54, 1.807) is 0 Å². The number of piperazine rings is 2. The first-order valence-electron chi connectivity index (χ1n) is 9.46. The normalized spacial score (nSPS) is 24.8. The summed E-state index contributed by atoms with van der Waals surface area (Å²) in [5.41, 5.74) is 3.12. The van der Waals surface area contributed by atoms with Crippen LogP contribution in [0.2, 0.25) is 0 Å². The van der Waals surface area contributed by atoms with Crippen LogP contribution < -0.4 is 4.90 Å². The van der Waals surface area contributed by atoms with Gasteiger partial charge in [-0.3, -0.25) is 9.69 Å². The van der Waals surface area contributed by atoms with Crippen LogP contribution in [-0.4, -0.2) is 91.7 Å². The van der Waals surface area contributed by atoms with Crippen LogP contribution in [0.5, 0.6) is 0 Å². The number of amides is 1. The van der Waals surface area contributed by atoms with Crippen LogP contribution in [0.25, 0.3) is 0 Å². The van der Waals surface area contributed by atoms with E-state index in [0.29, 0.717) is 13.2 Å². The summed E-state index contributed by atoms with van der Waals surface area (Å²) < 4.78 is 5.27. The molecule has 142 valence electrons. The van der Waals surface area contributed by atoms with Crippen molar-refractivity contribution in [1.82, 2.24) is 14.7 Å². The number of carbonyl (C=O) groups excluding carboxylic acids is 1. The summed E-state index contributed by atoms with van der Waals surface area (Å²) in [5, 5.41) is 9.74. The number of hydrogen-bond donors (Lipinski definition) is 1. The highest BCUT2D eigenvalue weighted by Gasteiger charge is 2.25. The molecule has 1 atom stereocenters. The van der Waals surface area contributed by atoms with E-state index in [-0.39, 0.29) is 5.91 Å². The van der Waals surface area contributed by atoms with Gasteiger partial charge in [0.05, 0.1) is 13.2 Å². The van der Waals surface area contributed by atoms with Gasteiger partial charge in [0.25, 0.3) is 0 Å². The van der Waals surface area contributed by atoms with Crippen LogP contribution in [0.15, 0.2) is 18.2 Å². The molecule has 0 aliphatic carbocycles. The van der Waals surface area contributed by atoms with E-state index >= 15 is 0 Å². The predicted molar refractivity (Wildman–Crippen MR) is 98.9 cm³/mol. The molecule has 1 amide bonds.